The fourth-order valence-electron chi connectivity index (χ4n) is 4.80. The number of nitriles is 1. The van der Waals surface area contributed by atoms with E-state index in [1.165, 1.54) is 0 Å². The van der Waals surface area contributed by atoms with Crippen molar-refractivity contribution in [3.63, 3.8) is 0 Å². The average Bonchev–Trinajstić information content (AvgIpc) is 3.37. The van der Waals surface area contributed by atoms with Crippen LogP contribution < -0.4 is 29.4 Å². The molecule has 2 aliphatic rings. The first kappa shape index (κ1) is 23.1. The molecule has 2 aliphatic heterocycles. The number of benzene rings is 4. The predicted octanol–water partition coefficient (Wildman–Crippen LogP) is 6.14. The van der Waals surface area contributed by atoms with Crippen molar-refractivity contribution in [1.29, 1.82) is 5.26 Å². The Kier molecular flexibility index (Phi) is 5.78. The molecule has 8 heteroatoms. The van der Waals surface area contributed by atoms with Gasteiger partial charge >= 0.3 is 0 Å². The molecule has 2 heterocycles. The molecule has 0 aliphatic carbocycles. The molecule has 0 spiro atoms. The minimum atomic E-state index is -0.499. The second-order valence-electron chi connectivity index (χ2n) is 8.63. The summed E-state index contributed by atoms with van der Waals surface area (Å²) in [6.45, 7) is 0.481. The van der Waals surface area contributed by atoms with Crippen molar-refractivity contribution in [1.82, 2.24) is 0 Å². The van der Waals surface area contributed by atoms with E-state index in [1.807, 2.05) is 42.5 Å². The van der Waals surface area contributed by atoms with Crippen LogP contribution in [0, 0.1) is 11.3 Å². The van der Waals surface area contributed by atoms with Crippen molar-refractivity contribution in [2.45, 2.75) is 12.5 Å². The number of hydrogen-bond donors (Lipinski definition) is 1. The van der Waals surface area contributed by atoms with Crippen LogP contribution in [0.4, 0.5) is 0 Å². The van der Waals surface area contributed by atoms with Gasteiger partial charge in [0.2, 0.25) is 12.7 Å². The molecule has 0 aromatic heterocycles. The van der Waals surface area contributed by atoms with Crippen molar-refractivity contribution >= 4 is 26.7 Å². The zero-order valence-electron chi connectivity index (χ0n) is 19.8. The third-order valence-corrected chi connectivity index (χ3v) is 7.14. The van der Waals surface area contributed by atoms with E-state index in [4.69, 9.17) is 29.4 Å². The lowest BCUT2D eigenvalue weighted by atomic mass is 9.83. The van der Waals surface area contributed by atoms with Gasteiger partial charge in [0, 0.05) is 11.6 Å². The number of hydrogen-bond acceptors (Lipinski definition) is 7. The Balaban J connectivity index is 1.39. The lowest BCUT2D eigenvalue weighted by Crippen LogP contribution is -2.21. The number of allylic oxidation sites excluding steroid dienone is 1. The van der Waals surface area contributed by atoms with Crippen LogP contribution in [0.2, 0.25) is 0 Å². The van der Waals surface area contributed by atoms with Gasteiger partial charge < -0.3 is 29.4 Å². The molecule has 184 valence electrons. The molecule has 0 radical (unpaired) electrons. The molecule has 4 aromatic carbocycles. The summed E-state index contributed by atoms with van der Waals surface area (Å²) in [4.78, 5) is 0. The second kappa shape index (κ2) is 9.26. The third-order valence-electron chi connectivity index (χ3n) is 6.55. The minimum absolute atomic E-state index is 0.0465. The van der Waals surface area contributed by atoms with Gasteiger partial charge in [0.05, 0.1) is 17.5 Å². The second-order valence-corrected chi connectivity index (χ2v) is 9.48. The highest BCUT2D eigenvalue weighted by Crippen LogP contribution is 2.50. The minimum Gasteiger partial charge on any atom is -0.493 e. The molecule has 2 N–H and O–H groups in total. The van der Waals surface area contributed by atoms with Gasteiger partial charge in [-0.1, -0.05) is 42.5 Å². The van der Waals surface area contributed by atoms with Crippen LogP contribution in [0.25, 0.3) is 10.8 Å². The van der Waals surface area contributed by atoms with Crippen molar-refractivity contribution in [3.8, 4) is 34.8 Å². The average molecular weight is 557 g/mol. The Labute approximate surface area is 221 Å². The highest BCUT2D eigenvalue weighted by atomic mass is 79.9. The van der Waals surface area contributed by atoms with Gasteiger partial charge in [-0.05, 0) is 56.0 Å². The Morgan fingerprint density at radius 1 is 1.03 bits per heavy atom. The summed E-state index contributed by atoms with van der Waals surface area (Å²) in [5.41, 5.74) is 9.05. The van der Waals surface area contributed by atoms with Crippen LogP contribution in [0.3, 0.4) is 0 Å². The molecule has 7 nitrogen and oxygen atoms in total. The van der Waals surface area contributed by atoms with E-state index >= 15 is 0 Å². The number of nitrogens with zero attached hydrogens (tertiary/aromatic N) is 1. The molecule has 0 bridgehead atoms. The molecule has 4 aromatic rings. The van der Waals surface area contributed by atoms with E-state index in [-0.39, 0.29) is 12.7 Å². The SMILES string of the molecule is COc1cc([C@@H]2C(C#N)=C(N)Oc3cc4c(cc32)OCO4)cc(Br)c1OCc1cccc2ccccc12. The third kappa shape index (κ3) is 3.98. The number of ether oxygens (including phenoxy) is 5. The molecular weight excluding hydrogens is 536 g/mol. The molecule has 6 rings (SSSR count). The van der Waals surface area contributed by atoms with Gasteiger partial charge in [-0.25, -0.2) is 0 Å². The van der Waals surface area contributed by atoms with E-state index in [0.717, 1.165) is 27.5 Å². The van der Waals surface area contributed by atoms with Gasteiger partial charge in [-0.3, -0.25) is 0 Å². The standard InChI is InChI=1S/C29H21BrN2O5/c1-33-26-10-18(9-22(30)28(26)34-14-17-7-4-6-16-5-2-3-8-19(16)17)27-20-11-24-25(36-15-35-24)12-23(20)37-29(32)21(27)13-31/h2-12,27H,14-15,32H2,1H3/t27-/m0/s1. The first-order chi connectivity index (χ1) is 18.1. The zero-order valence-corrected chi connectivity index (χ0v) is 21.4. The molecular formula is C29H21BrN2O5. The summed E-state index contributed by atoms with van der Waals surface area (Å²) in [6, 6.07) is 23.9. The molecule has 0 saturated carbocycles. The van der Waals surface area contributed by atoms with Crippen LogP contribution in [-0.2, 0) is 6.61 Å². The zero-order chi connectivity index (χ0) is 25.5. The summed E-state index contributed by atoms with van der Waals surface area (Å²) in [5.74, 6) is 2.30. The number of fused-ring (bicyclic) bond motifs is 3. The van der Waals surface area contributed by atoms with E-state index in [0.29, 0.717) is 45.4 Å². The summed E-state index contributed by atoms with van der Waals surface area (Å²) in [6.07, 6.45) is 0. The van der Waals surface area contributed by atoms with Crippen molar-refractivity contribution in [2.24, 2.45) is 5.73 Å². The molecule has 37 heavy (non-hydrogen) atoms. The maximum Gasteiger partial charge on any atom is 0.231 e. The lowest BCUT2D eigenvalue weighted by molar-refractivity contribution is 0.174. The lowest BCUT2D eigenvalue weighted by Gasteiger charge is -2.27. The van der Waals surface area contributed by atoms with Crippen molar-refractivity contribution in [3.05, 3.63) is 99.3 Å². The normalized spacial score (nSPS) is 15.6. The number of halogens is 1. The maximum atomic E-state index is 9.97. The molecule has 0 unspecified atom stereocenters. The van der Waals surface area contributed by atoms with Crippen molar-refractivity contribution in [2.75, 3.05) is 13.9 Å². The molecule has 1 atom stereocenters. The Hall–Kier alpha value is -4.35. The van der Waals surface area contributed by atoms with E-state index in [9.17, 15) is 5.26 Å². The Bertz CT molecular complexity index is 1620. The number of rotatable bonds is 5. The fraction of sp³-hybridized carbons (Fsp3) is 0.138. The quantitative estimate of drug-likeness (QED) is 0.315. The monoisotopic (exact) mass is 556 g/mol. The van der Waals surface area contributed by atoms with Crippen LogP contribution in [-0.4, -0.2) is 13.9 Å². The van der Waals surface area contributed by atoms with Crippen LogP contribution >= 0.6 is 15.9 Å². The number of methoxy groups -OCH3 is 1. The van der Waals surface area contributed by atoms with Gasteiger partial charge in [-0.15, -0.1) is 0 Å². The summed E-state index contributed by atoms with van der Waals surface area (Å²) < 4.78 is 29.5. The highest BCUT2D eigenvalue weighted by Gasteiger charge is 2.34. The maximum absolute atomic E-state index is 9.97. The van der Waals surface area contributed by atoms with Gasteiger partial charge in [-0.2, -0.15) is 5.26 Å². The van der Waals surface area contributed by atoms with Gasteiger partial charge in [0.1, 0.15) is 24.0 Å². The fourth-order valence-corrected chi connectivity index (χ4v) is 5.38. The first-order valence-electron chi connectivity index (χ1n) is 11.6. The van der Waals surface area contributed by atoms with E-state index in [2.05, 4.69) is 40.2 Å². The van der Waals surface area contributed by atoms with E-state index in [1.54, 1.807) is 13.2 Å². The van der Waals surface area contributed by atoms with Crippen LogP contribution in [0.5, 0.6) is 28.7 Å². The summed E-state index contributed by atoms with van der Waals surface area (Å²) in [7, 11) is 1.59. The van der Waals surface area contributed by atoms with Crippen LogP contribution in [0.1, 0.15) is 22.6 Å². The largest absolute Gasteiger partial charge is 0.493 e. The summed E-state index contributed by atoms with van der Waals surface area (Å²) in [5, 5.41) is 12.3. The molecule has 0 fully saturated rings. The van der Waals surface area contributed by atoms with Gasteiger partial charge in [0.25, 0.3) is 0 Å². The van der Waals surface area contributed by atoms with Crippen molar-refractivity contribution < 1.29 is 23.7 Å². The summed E-state index contributed by atoms with van der Waals surface area (Å²) >= 11 is 3.66. The smallest absolute Gasteiger partial charge is 0.231 e. The number of nitrogens with two attached hydrogens (primary N) is 1. The predicted molar refractivity (Wildman–Crippen MR) is 141 cm³/mol. The first-order valence-corrected chi connectivity index (χ1v) is 12.3. The molecule has 0 saturated heterocycles. The van der Waals surface area contributed by atoms with Crippen LogP contribution in [0.15, 0.2) is 82.7 Å². The molecule has 0 amide bonds. The van der Waals surface area contributed by atoms with Gasteiger partial charge in [0.15, 0.2) is 23.0 Å². The Morgan fingerprint density at radius 2 is 1.81 bits per heavy atom. The van der Waals surface area contributed by atoms with E-state index < -0.39 is 5.92 Å². The Morgan fingerprint density at radius 3 is 2.62 bits per heavy atom. The topological polar surface area (TPSA) is 96.0 Å². The highest BCUT2D eigenvalue weighted by molar-refractivity contribution is 9.10.